The number of hydrogen-bond donors (Lipinski definition) is 2. The molecular weight excluding hydrogens is 236 g/mol. The molecule has 1 saturated heterocycles. The van der Waals surface area contributed by atoms with Crippen LogP contribution in [0.1, 0.15) is 30.0 Å². The van der Waals surface area contributed by atoms with E-state index < -0.39 is 0 Å². The van der Waals surface area contributed by atoms with Crippen molar-refractivity contribution < 1.29 is 5.11 Å². The molecule has 0 radical (unpaired) electrons. The summed E-state index contributed by atoms with van der Waals surface area (Å²) in [6.45, 7) is 5.76. The van der Waals surface area contributed by atoms with Crippen molar-refractivity contribution in [2.45, 2.75) is 25.8 Å². The van der Waals surface area contributed by atoms with Gasteiger partial charge in [-0.1, -0.05) is 29.8 Å². The van der Waals surface area contributed by atoms with E-state index in [1.54, 1.807) is 0 Å². The maximum Gasteiger partial charge on any atom is 0.0471 e. The summed E-state index contributed by atoms with van der Waals surface area (Å²) in [5.41, 5.74) is 2.68. The monoisotopic (exact) mass is 262 g/mol. The minimum Gasteiger partial charge on any atom is -0.396 e. The van der Waals surface area contributed by atoms with Crippen molar-refractivity contribution in [2.75, 3.05) is 33.3 Å². The number of rotatable bonds is 6. The van der Waals surface area contributed by atoms with Gasteiger partial charge in [-0.05, 0) is 51.4 Å². The third kappa shape index (κ3) is 4.03. The molecule has 2 rings (SSSR count). The Balaban J connectivity index is 1.84. The van der Waals surface area contributed by atoms with Gasteiger partial charge in [-0.15, -0.1) is 0 Å². The molecule has 1 aliphatic heterocycles. The van der Waals surface area contributed by atoms with Gasteiger partial charge in [0.15, 0.2) is 0 Å². The second kappa shape index (κ2) is 7.04. The fourth-order valence-corrected chi connectivity index (χ4v) is 2.85. The number of likely N-dealkylation sites (tertiary alicyclic amines) is 1. The van der Waals surface area contributed by atoms with Gasteiger partial charge in [0.1, 0.15) is 0 Å². The van der Waals surface area contributed by atoms with E-state index >= 15 is 0 Å². The Morgan fingerprint density at radius 2 is 2.11 bits per heavy atom. The molecule has 19 heavy (non-hydrogen) atoms. The predicted molar refractivity (Wildman–Crippen MR) is 79.2 cm³/mol. The fourth-order valence-electron chi connectivity index (χ4n) is 2.85. The van der Waals surface area contributed by atoms with Crippen LogP contribution in [-0.2, 0) is 0 Å². The van der Waals surface area contributed by atoms with E-state index in [1.165, 1.54) is 11.1 Å². The van der Waals surface area contributed by atoms with E-state index in [0.29, 0.717) is 18.6 Å². The first kappa shape index (κ1) is 14.5. The molecule has 1 fully saturated rings. The SMILES string of the molecule is CNC(CCN1CCC(CO)C1)c1ccc(C)cc1. The van der Waals surface area contributed by atoms with Crippen LogP contribution in [0, 0.1) is 12.8 Å². The Morgan fingerprint density at radius 3 is 2.68 bits per heavy atom. The molecule has 0 spiro atoms. The van der Waals surface area contributed by atoms with E-state index in [2.05, 4.69) is 41.4 Å². The summed E-state index contributed by atoms with van der Waals surface area (Å²) in [5.74, 6) is 0.493. The average molecular weight is 262 g/mol. The first-order valence-corrected chi connectivity index (χ1v) is 7.30. The summed E-state index contributed by atoms with van der Waals surface area (Å²) in [6, 6.07) is 9.22. The van der Waals surface area contributed by atoms with E-state index in [0.717, 1.165) is 32.5 Å². The van der Waals surface area contributed by atoms with Crippen LogP contribution in [0.4, 0.5) is 0 Å². The molecule has 0 aromatic heterocycles. The molecule has 3 nitrogen and oxygen atoms in total. The maximum atomic E-state index is 9.17. The lowest BCUT2D eigenvalue weighted by molar-refractivity contribution is 0.219. The number of nitrogens with zero attached hydrogens (tertiary/aromatic N) is 1. The lowest BCUT2D eigenvalue weighted by Crippen LogP contribution is -2.27. The molecule has 0 bridgehead atoms. The summed E-state index contributed by atoms with van der Waals surface area (Å²) >= 11 is 0. The minimum atomic E-state index is 0.337. The molecule has 1 aliphatic rings. The minimum absolute atomic E-state index is 0.337. The normalized spacial score (nSPS) is 21.7. The first-order valence-electron chi connectivity index (χ1n) is 7.30. The van der Waals surface area contributed by atoms with Gasteiger partial charge in [-0.25, -0.2) is 0 Å². The molecule has 2 atom stereocenters. The Morgan fingerprint density at radius 1 is 1.37 bits per heavy atom. The van der Waals surface area contributed by atoms with E-state index in [9.17, 15) is 5.11 Å². The molecule has 106 valence electrons. The standard InChI is InChI=1S/C16H26N2O/c1-13-3-5-15(6-4-13)16(17-2)8-10-18-9-7-14(11-18)12-19/h3-6,14,16-17,19H,7-12H2,1-2H3. The van der Waals surface area contributed by atoms with E-state index in [1.807, 2.05) is 7.05 Å². The second-order valence-corrected chi connectivity index (χ2v) is 5.68. The van der Waals surface area contributed by atoms with Crippen molar-refractivity contribution >= 4 is 0 Å². The lowest BCUT2D eigenvalue weighted by atomic mass is 10.0. The van der Waals surface area contributed by atoms with Crippen molar-refractivity contribution in [1.29, 1.82) is 0 Å². The van der Waals surface area contributed by atoms with Crippen molar-refractivity contribution in [2.24, 2.45) is 5.92 Å². The molecule has 1 heterocycles. The number of hydrogen-bond acceptors (Lipinski definition) is 3. The van der Waals surface area contributed by atoms with Gasteiger partial charge in [0, 0.05) is 19.2 Å². The van der Waals surface area contributed by atoms with Crippen molar-refractivity contribution in [3.05, 3.63) is 35.4 Å². The molecule has 3 heteroatoms. The van der Waals surface area contributed by atoms with Crippen LogP contribution in [-0.4, -0.2) is 43.3 Å². The van der Waals surface area contributed by atoms with Crippen molar-refractivity contribution in [1.82, 2.24) is 10.2 Å². The Hall–Kier alpha value is -0.900. The molecule has 0 saturated carbocycles. The van der Waals surface area contributed by atoms with Gasteiger partial charge in [0.05, 0.1) is 0 Å². The van der Waals surface area contributed by atoms with Gasteiger partial charge >= 0.3 is 0 Å². The second-order valence-electron chi connectivity index (χ2n) is 5.68. The van der Waals surface area contributed by atoms with E-state index in [-0.39, 0.29) is 0 Å². The predicted octanol–water partition coefficient (Wildman–Crippen LogP) is 1.96. The van der Waals surface area contributed by atoms with Gasteiger partial charge in [-0.3, -0.25) is 0 Å². The number of aryl methyl sites for hydroxylation is 1. The molecule has 0 aliphatic carbocycles. The molecule has 0 amide bonds. The third-order valence-electron chi connectivity index (χ3n) is 4.19. The van der Waals surface area contributed by atoms with Gasteiger partial charge in [-0.2, -0.15) is 0 Å². The lowest BCUT2D eigenvalue weighted by Gasteiger charge is -2.21. The van der Waals surface area contributed by atoms with E-state index in [4.69, 9.17) is 0 Å². The largest absolute Gasteiger partial charge is 0.396 e. The Labute approximate surface area is 116 Å². The summed E-state index contributed by atoms with van der Waals surface area (Å²) in [7, 11) is 2.03. The van der Waals surface area contributed by atoms with Crippen LogP contribution in [0.5, 0.6) is 0 Å². The van der Waals surface area contributed by atoms with Crippen LogP contribution in [0.15, 0.2) is 24.3 Å². The molecular formula is C16H26N2O. The number of benzene rings is 1. The van der Waals surface area contributed by atoms with Gasteiger partial charge < -0.3 is 15.3 Å². The highest BCUT2D eigenvalue weighted by molar-refractivity contribution is 5.24. The smallest absolute Gasteiger partial charge is 0.0471 e. The highest BCUT2D eigenvalue weighted by atomic mass is 16.3. The number of nitrogens with one attached hydrogen (secondary N) is 1. The Bertz CT molecular complexity index is 377. The molecule has 2 unspecified atom stereocenters. The summed E-state index contributed by atoms with van der Waals surface area (Å²) in [4.78, 5) is 2.47. The molecule has 1 aromatic carbocycles. The van der Waals surface area contributed by atoms with Crippen molar-refractivity contribution in [3.8, 4) is 0 Å². The van der Waals surface area contributed by atoms with Gasteiger partial charge in [0.25, 0.3) is 0 Å². The quantitative estimate of drug-likeness (QED) is 0.822. The van der Waals surface area contributed by atoms with Gasteiger partial charge in [0.2, 0.25) is 0 Å². The first-order chi connectivity index (χ1) is 9.22. The van der Waals surface area contributed by atoms with Crippen LogP contribution >= 0.6 is 0 Å². The highest BCUT2D eigenvalue weighted by Crippen LogP contribution is 2.20. The number of aliphatic hydroxyl groups is 1. The number of aliphatic hydroxyl groups excluding tert-OH is 1. The van der Waals surface area contributed by atoms with Crippen LogP contribution in [0.3, 0.4) is 0 Å². The maximum absolute atomic E-state index is 9.17. The average Bonchev–Trinajstić information content (AvgIpc) is 2.89. The van der Waals surface area contributed by atoms with Crippen LogP contribution < -0.4 is 5.32 Å². The fraction of sp³-hybridized carbons (Fsp3) is 0.625. The zero-order chi connectivity index (χ0) is 13.7. The summed E-state index contributed by atoms with van der Waals surface area (Å²) in [6.07, 6.45) is 2.27. The Kier molecular flexibility index (Phi) is 5.37. The topological polar surface area (TPSA) is 35.5 Å². The third-order valence-corrected chi connectivity index (χ3v) is 4.19. The molecule has 2 N–H and O–H groups in total. The zero-order valence-corrected chi connectivity index (χ0v) is 12.1. The molecule has 1 aromatic rings. The zero-order valence-electron chi connectivity index (χ0n) is 12.1. The van der Waals surface area contributed by atoms with Crippen LogP contribution in [0.2, 0.25) is 0 Å². The summed E-state index contributed by atoms with van der Waals surface area (Å²) < 4.78 is 0. The van der Waals surface area contributed by atoms with Crippen LogP contribution in [0.25, 0.3) is 0 Å². The van der Waals surface area contributed by atoms with Crippen molar-refractivity contribution in [3.63, 3.8) is 0 Å². The highest BCUT2D eigenvalue weighted by Gasteiger charge is 2.22. The summed E-state index contributed by atoms with van der Waals surface area (Å²) in [5, 5.41) is 12.6.